The van der Waals surface area contributed by atoms with Crippen LogP contribution in [-0.2, 0) is 17.9 Å². The fourth-order valence-electron chi connectivity index (χ4n) is 1.81. The Balaban J connectivity index is 1.58. The van der Waals surface area contributed by atoms with E-state index in [0.717, 1.165) is 19.0 Å². The molecule has 4 nitrogen and oxygen atoms in total. The van der Waals surface area contributed by atoms with Crippen molar-refractivity contribution in [3.63, 3.8) is 0 Å². The van der Waals surface area contributed by atoms with Crippen molar-refractivity contribution in [1.29, 1.82) is 0 Å². The topological polar surface area (TPSA) is 45.7 Å². The van der Waals surface area contributed by atoms with Gasteiger partial charge in [0.2, 0.25) is 0 Å². The van der Waals surface area contributed by atoms with Gasteiger partial charge >= 0.3 is 0 Å². The van der Waals surface area contributed by atoms with Gasteiger partial charge in [0.25, 0.3) is 0 Å². The van der Waals surface area contributed by atoms with Crippen LogP contribution in [0.3, 0.4) is 0 Å². The molecule has 0 saturated heterocycles. The Morgan fingerprint density at radius 3 is 2.71 bits per heavy atom. The van der Waals surface area contributed by atoms with Gasteiger partial charge in [-0.3, -0.25) is 4.99 Å². The van der Waals surface area contributed by atoms with Crippen LogP contribution in [0, 0.1) is 0 Å². The van der Waals surface area contributed by atoms with Crippen molar-refractivity contribution in [2.24, 2.45) is 4.99 Å². The summed E-state index contributed by atoms with van der Waals surface area (Å²) in [4.78, 5) is 5.48. The van der Waals surface area contributed by atoms with Crippen molar-refractivity contribution < 1.29 is 4.74 Å². The van der Waals surface area contributed by atoms with E-state index in [1.807, 2.05) is 18.2 Å². The summed E-state index contributed by atoms with van der Waals surface area (Å²) in [6, 6.07) is 14.3. The number of rotatable bonds is 7. The Kier molecular flexibility index (Phi) is 6.77. The van der Waals surface area contributed by atoms with Gasteiger partial charge in [-0.05, 0) is 17.0 Å². The number of benzene rings is 1. The maximum absolute atomic E-state index is 5.62. The second kappa shape index (κ2) is 9.15. The van der Waals surface area contributed by atoms with Crippen molar-refractivity contribution in [2.75, 3.05) is 20.2 Å². The Hall–Kier alpha value is -1.85. The summed E-state index contributed by atoms with van der Waals surface area (Å²) < 4.78 is 5.62. The van der Waals surface area contributed by atoms with Crippen molar-refractivity contribution in [2.45, 2.75) is 13.2 Å². The fourth-order valence-corrected chi connectivity index (χ4v) is 2.46. The smallest absolute Gasteiger partial charge is 0.191 e. The van der Waals surface area contributed by atoms with Gasteiger partial charge in [0.05, 0.1) is 19.8 Å². The van der Waals surface area contributed by atoms with Gasteiger partial charge in [-0.25, -0.2) is 0 Å². The number of hydrogen-bond acceptors (Lipinski definition) is 3. The summed E-state index contributed by atoms with van der Waals surface area (Å²) in [6.45, 7) is 2.82. The molecule has 5 heteroatoms. The zero-order valence-corrected chi connectivity index (χ0v) is 13.0. The van der Waals surface area contributed by atoms with E-state index in [-0.39, 0.29) is 0 Å². The maximum atomic E-state index is 5.62. The third kappa shape index (κ3) is 5.97. The Morgan fingerprint density at radius 2 is 2.00 bits per heavy atom. The first kappa shape index (κ1) is 15.5. The summed E-state index contributed by atoms with van der Waals surface area (Å²) in [6.07, 6.45) is 0. The molecular formula is C16H21N3OS. The zero-order chi connectivity index (χ0) is 14.8. The molecular weight excluding hydrogens is 282 g/mol. The zero-order valence-electron chi connectivity index (χ0n) is 12.2. The van der Waals surface area contributed by atoms with E-state index in [1.54, 1.807) is 18.4 Å². The molecule has 0 aliphatic rings. The largest absolute Gasteiger partial charge is 0.375 e. The molecule has 0 unspecified atom stereocenters. The average Bonchev–Trinajstić information content (AvgIpc) is 3.04. The normalized spacial score (nSPS) is 11.4. The first-order chi connectivity index (χ1) is 10.4. The summed E-state index contributed by atoms with van der Waals surface area (Å²) >= 11 is 1.74. The van der Waals surface area contributed by atoms with Crippen molar-refractivity contribution in [3.05, 3.63) is 58.3 Å². The highest BCUT2D eigenvalue weighted by Gasteiger charge is 1.98. The van der Waals surface area contributed by atoms with Crippen LogP contribution in [0.15, 0.2) is 52.8 Å². The van der Waals surface area contributed by atoms with Gasteiger partial charge in [-0.1, -0.05) is 36.4 Å². The molecule has 0 fully saturated rings. The van der Waals surface area contributed by atoms with Crippen LogP contribution >= 0.6 is 11.3 Å². The fraction of sp³-hybridized carbons (Fsp3) is 0.312. The Morgan fingerprint density at radius 1 is 1.14 bits per heavy atom. The van der Waals surface area contributed by atoms with Crippen LogP contribution in [0.5, 0.6) is 0 Å². The van der Waals surface area contributed by atoms with Gasteiger partial charge in [0.15, 0.2) is 5.96 Å². The molecule has 1 aromatic carbocycles. The lowest BCUT2D eigenvalue weighted by Gasteiger charge is -2.11. The summed E-state index contributed by atoms with van der Waals surface area (Å²) in [7, 11) is 1.77. The number of guanidine groups is 1. The minimum atomic E-state index is 0.643. The first-order valence-electron chi connectivity index (χ1n) is 6.97. The predicted molar refractivity (Wildman–Crippen MR) is 88.6 cm³/mol. The lowest BCUT2D eigenvalue weighted by atomic mass is 10.2. The molecule has 2 rings (SSSR count). The number of aliphatic imine (C=N–C) groups is 1. The second-order valence-corrected chi connectivity index (χ2v) is 5.50. The average molecular weight is 303 g/mol. The second-order valence-electron chi connectivity index (χ2n) is 4.47. The number of nitrogens with one attached hydrogen (secondary N) is 2. The molecule has 21 heavy (non-hydrogen) atoms. The molecule has 0 atom stereocenters. The van der Waals surface area contributed by atoms with Crippen LogP contribution in [0.1, 0.15) is 10.4 Å². The molecule has 0 amide bonds. The van der Waals surface area contributed by atoms with E-state index in [0.29, 0.717) is 13.2 Å². The standard InChI is InChI=1S/C16H21N3OS/c1-17-16(19-12-15-8-5-11-21-15)18-9-10-20-13-14-6-3-2-4-7-14/h2-8,11H,9-10,12-13H2,1H3,(H2,17,18,19). The van der Waals surface area contributed by atoms with Crippen LogP contribution < -0.4 is 10.6 Å². The molecule has 112 valence electrons. The molecule has 0 aliphatic heterocycles. The Bertz CT molecular complexity index is 526. The van der Waals surface area contributed by atoms with Crippen LogP contribution in [0.2, 0.25) is 0 Å². The number of thiophene rings is 1. The summed E-state index contributed by atoms with van der Waals surface area (Å²) in [5, 5.41) is 8.58. The van der Waals surface area contributed by atoms with Crippen LogP contribution in [0.4, 0.5) is 0 Å². The van der Waals surface area contributed by atoms with E-state index in [9.17, 15) is 0 Å². The van der Waals surface area contributed by atoms with Gasteiger partial charge < -0.3 is 15.4 Å². The van der Waals surface area contributed by atoms with Crippen molar-refractivity contribution in [3.8, 4) is 0 Å². The van der Waals surface area contributed by atoms with Crippen LogP contribution in [-0.4, -0.2) is 26.2 Å². The van der Waals surface area contributed by atoms with Crippen molar-refractivity contribution in [1.82, 2.24) is 10.6 Å². The highest BCUT2D eigenvalue weighted by molar-refractivity contribution is 7.09. The van der Waals surface area contributed by atoms with Gasteiger partial charge in [-0.15, -0.1) is 11.3 Å². The molecule has 0 radical (unpaired) electrons. The van der Waals surface area contributed by atoms with Crippen LogP contribution in [0.25, 0.3) is 0 Å². The maximum Gasteiger partial charge on any atom is 0.191 e. The third-order valence-electron chi connectivity index (χ3n) is 2.88. The molecule has 0 aliphatic carbocycles. The minimum absolute atomic E-state index is 0.643. The number of hydrogen-bond donors (Lipinski definition) is 2. The SMILES string of the molecule is CN=C(NCCOCc1ccccc1)NCc1cccs1. The van der Waals surface area contributed by atoms with Gasteiger partial charge in [0, 0.05) is 18.5 Å². The molecule has 2 N–H and O–H groups in total. The van der Waals surface area contributed by atoms with E-state index in [4.69, 9.17) is 4.74 Å². The Labute approximate surface area is 129 Å². The lowest BCUT2D eigenvalue weighted by Crippen LogP contribution is -2.38. The van der Waals surface area contributed by atoms with E-state index in [2.05, 4.69) is 45.3 Å². The molecule has 0 spiro atoms. The molecule has 2 aromatic rings. The first-order valence-corrected chi connectivity index (χ1v) is 7.85. The van der Waals surface area contributed by atoms with E-state index in [1.165, 1.54) is 10.4 Å². The highest BCUT2D eigenvalue weighted by Crippen LogP contribution is 2.07. The van der Waals surface area contributed by atoms with Gasteiger partial charge in [-0.2, -0.15) is 0 Å². The number of ether oxygens (including phenoxy) is 1. The van der Waals surface area contributed by atoms with E-state index >= 15 is 0 Å². The minimum Gasteiger partial charge on any atom is -0.375 e. The quantitative estimate of drug-likeness (QED) is 0.469. The highest BCUT2D eigenvalue weighted by atomic mass is 32.1. The number of nitrogens with zero attached hydrogens (tertiary/aromatic N) is 1. The van der Waals surface area contributed by atoms with E-state index < -0.39 is 0 Å². The summed E-state index contributed by atoms with van der Waals surface area (Å²) in [5.41, 5.74) is 1.19. The molecule has 0 bridgehead atoms. The van der Waals surface area contributed by atoms with Crippen molar-refractivity contribution >= 4 is 17.3 Å². The predicted octanol–water partition coefficient (Wildman–Crippen LogP) is 2.63. The monoisotopic (exact) mass is 303 g/mol. The molecule has 1 aromatic heterocycles. The van der Waals surface area contributed by atoms with Gasteiger partial charge in [0.1, 0.15) is 0 Å². The lowest BCUT2D eigenvalue weighted by molar-refractivity contribution is 0.125. The molecule has 0 saturated carbocycles. The molecule has 1 heterocycles. The third-order valence-corrected chi connectivity index (χ3v) is 3.76. The summed E-state index contributed by atoms with van der Waals surface area (Å²) in [5.74, 6) is 0.798.